The van der Waals surface area contributed by atoms with Crippen molar-refractivity contribution in [3.8, 4) is 0 Å². The molecule has 0 radical (unpaired) electrons. The van der Waals surface area contributed by atoms with E-state index < -0.39 is 16.5 Å². The summed E-state index contributed by atoms with van der Waals surface area (Å²) >= 11 is 12.8. The van der Waals surface area contributed by atoms with Gasteiger partial charge >= 0.3 is 0 Å². The molecule has 20 heavy (non-hydrogen) atoms. The van der Waals surface area contributed by atoms with Crippen molar-refractivity contribution in [3.05, 3.63) is 41.2 Å². The van der Waals surface area contributed by atoms with Gasteiger partial charge in [-0.1, -0.05) is 29.8 Å². The highest BCUT2D eigenvalue weighted by Gasteiger charge is 2.60. The number of benzene rings is 1. The molecule has 1 heterocycles. The minimum absolute atomic E-state index is 0.536. The highest BCUT2D eigenvalue weighted by molar-refractivity contribution is 6.31. The lowest BCUT2D eigenvalue weighted by Gasteiger charge is -2.37. The van der Waals surface area contributed by atoms with E-state index in [0.717, 1.165) is 18.4 Å². The number of aliphatic hydroxyl groups is 1. The van der Waals surface area contributed by atoms with Gasteiger partial charge in [-0.25, -0.2) is 4.68 Å². The SMILES string of the molecule is CC(O)(C(c1ccccc1Cl)n1cnnn1)C1(Cl)CC1. The topological polar surface area (TPSA) is 63.8 Å². The third kappa shape index (κ3) is 2.10. The number of rotatable bonds is 4. The van der Waals surface area contributed by atoms with Gasteiger partial charge in [0, 0.05) is 5.02 Å². The van der Waals surface area contributed by atoms with Crippen molar-refractivity contribution in [1.29, 1.82) is 0 Å². The summed E-state index contributed by atoms with van der Waals surface area (Å²) in [5.41, 5.74) is -0.465. The zero-order valence-electron chi connectivity index (χ0n) is 10.9. The van der Waals surface area contributed by atoms with E-state index in [9.17, 15) is 5.11 Å². The Labute approximate surface area is 126 Å². The fourth-order valence-electron chi connectivity index (χ4n) is 2.55. The molecule has 1 saturated carbocycles. The molecule has 1 aliphatic carbocycles. The molecule has 5 nitrogen and oxygen atoms in total. The Morgan fingerprint density at radius 3 is 2.65 bits per heavy atom. The summed E-state index contributed by atoms with van der Waals surface area (Å²) in [4.78, 5) is -0.664. The van der Waals surface area contributed by atoms with E-state index in [0.29, 0.717) is 5.02 Å². The average Bonchev–Trinajstić information content (AvgIpc) is 2.97. The lowest BCUT2D eigenvalue weighted by atomic mass is 9.85. The van der Waals surface area contributed by atoms with Crippen LogP contribution in [0.1, 0.15) is 31.4 Å². The molecule has 1 fully saturated rings. The first-order valence-corrected chi connectivity index (χ1v) is 7.09. The van der Waals surface area contributed by atoms with Crippen LogP contribution < -0.4 is 0 Å². The molecule has 0 amide bonds. The minimum atomic E-state index is -1.21. The van der Waals surface area contributed by atoms with Gasteiger partial charge in [0.2, 0.25) is 0 Å². The number of tetrazole rings is 1. The van der Waals surface area contributed by atoms with E-state index >= 15 is 0 Å². The number of alkyl halides is 1. The van der Waals surface area contributed by atoms with Gasteiger partial charge in [0.25, 0.3) is 0 Å². The monoisotopic (exact) mass is 312 g/mol. The summed E-state index contributed by atoms with van der Waals surface area (Å²) in [6, 6.07) is 6.79. The Kier molecular flexibility index (Phi) is 3.23. The van der Waals surface area contributed by atoms with E-state index in [2.05, 4.69) is 15.5 Å². The quantitative estimate of drug-likeness (QED) is 0.881. The maximum atomic E-state index is 11.0. The minimum Gasteiger partial charge on any atom is -0.386 e. The molecule has 2 unspecified atom stereocenters. The summed E-state index contributed by atoms with van der Waals surface area (Å²) < 4.78 is 1.50. The highest BCUT2D eigenvalue weighted by Crippen LogP contribution is 2.56. The second kappa shape index (κ2) is 4.69. The van der Waals surface area contributed by atoms with Gasteiger partial charge < -0.3 is 5.11 Å². The Hall–Kier alpha value is -1.17. The molecule has 1 aromatic heterocycles. The van der Waals surface area contributed by atoms with Crippen LogP contribution in [-0.2, 0) is 0 Å². The molecule has 7 heteroatoms. The first-order chi connectivity index (χ1) is 9.46. The Bertz CT molecular complexity index is 611. The van der Waals surface area contributed by atoms with Gasteiger partial charge in [0.15, 0.2) is 0 Å². The van der Waals surface area contributed by atoms with Crippen LogP contribution in [0.2, 0.25) is 5.02 Å². The number of aromatic nitrogens is 4. The predicted octanol–water partition coefficient (Wildman–Crippen LogP) is 2.44. The van der Waals surface area contributed by atoms with Crippen LogP contribution in [0.3, 0.4) is 0 Å². The fourth-order valence-corrected chi connectivity index (χ4v) is 2.98. The Morgan fingerprint density at radius 1 is 1.40 bits per heavy atom. The van der Waals surface area contributed by atoms with E-state index in [1.54, 1.807) is 13.0 Å². The van der Waals surface area contributed by atoms with Crippen molar-refractivity contribution in [2.24, 2.45) is 0 Å². The van der Waals surface area contributed by atoms with Crippen LogP contribution >= 0.6 is 23.2 Å². The molecule has 0 spiro atoms. The molecule has 0 saturated heterocycles. The van der Waals surface area contributed by atoms with Gasteiger partial charge in [0.05, 0.1) is 4.87 Å². The second-order valence-electron chi connectivity index (χ2n) is 5.33. The van der Waals surface area contributed by atoms with E-state index in [4.69, 9.17) is 23.2 Å². The highest BCUT2D eigenvalue weighted by atomic mass is 35.5. The van der Waals surface area contributed by atoms with Crippen LogP contribution in [0.25, 0.3) is 0 Å². The third-order valence-electron chi connectivity index (χ3n) is 3.96. The maximum Gasteiger partial charge on any atom is 0.138 e. The van der Waals surface area contributed by atoms with Gasteiger partial charge in [0.1, 0.15) is 18.0 Å². The van der Waals surface area contributed by atoms with Crippen molar-refractivity contribution in [2.75, 3.05) is 0 Å². The first-order valence-electron chi connectivity index (χ1n) is 6.34. The fraction of sp³-hybridized carbons (Fsp3) is 0.462. The number of nitrogens with zero attached hydrogens (tertiary/aromatic N) is 4. The zero-order chi connectivity index (χ0) is 14.4. The number of hydrogen-bond donors (Lipinski definition) is 1. The van der Waals surface area contributed by atoms with Crippen molar-refractivity contribution >= 4 is 23.2 Å². The number of halogens is 2. The lowest BCUT2D eigenvalue weighted by molar-refractivity contribution is 0.00387. The van der Waals surface area contributed by atoms with Gasteiger partial charge in [-0.3, -0.25) is 0 Å². The Balaban J connectivity index is 2.13. The predicted molar refractivity (Wildman–Crippen MR) is 75.8 cm³/mol. The molecular weight excluding hydrogens is 299 g/mol. The lowest BCUT2D eigenvalue weighted by Crippen LogP contribution is -2.47. The van der Waals surface area contributed by atoms with Gasteiger partial charge in [-0.2, -0.15) is 0 Å². The van der Waals surface area contributed by atoms with Crippen molar-refractivity contribution in [2.45, 2.75) is 36.3 Å². The third-order valence-corrected chi connectivity index (χ3v) is 5.06. The average molecular weight is 313 g/mol. The first kappa shape index (κ1) is 13.8. The van der Waals surface area contributed by atoms with E-state index in [1.807, 2.05) is 18.2 Å². The second-order valence-corrected chi connectivity index (χ2v) is 6.46. The van der Waals surface area contributed by atoms with Crippen LogP contribution in [0, 0.1) is 0 Å². The summed E-state index contributed by atoms with van der Waals surface area (Å²) in [5, 5.41) is 22.8. The van der Waals surface area contributed by atoms with E-state index in [-0.39, 0.29) is 0 Å². The van der Waals surface area contributed by atoms with Gasteiger partial charge in [-0.15, -0.1) is 16.7 Å². The summed E-state index contributed by atoms with van der Waals surface area (Å²) in [6.45, 7) is 1.71. The number of hydrogen-bond acceptors (Lipinski definition) is 4. The van der Waals surface area contributed by atoms with Crippen molar-refractivity contribution < 1.29 is 5.11 Å². The molecule has 106 valence electrons. The summed E-state index contributed by atoms with van der Waals surface area (Å²) in [6.07, 6.45) is 2.97. The van der Waals surface area contributed by atoms with Crippen LogP contribution in [0.4, 0.5) is 0 Å². The van der Waals surface area contributed by atoms with Crippen molar-refractivity contribution in [3.63, 3.8) is 0 Å². The van der Waals surface area contributed by atoms with Crippen molar-refractivity contribution in [1.82, 2.24) is 20.2 Å². The van der Waals surface area contributed by atoms with Crippen LogP contribution in [0.5, 0.6) is 0 Å². The molecule has 1 aromatic carbocycles. The molecule has 3 rings (SSSR count). The van der Waals surface area contributed by atoms with Crippen LogP contribution in [-0.4, -0.2) is 35.8 Å². The summed E-state index contributed by atoms with van der Waals surface area (Å²) in [7, 11) is 0. The largest absolute Gasteiger partial charge is 0.386 e. The molecule has 1 aliphatic rings. The molecule has 0 bridgehead atoms. The maximum absolute atomic E-state index is 11.0. The standard InChI is InChI=1S/C13H14Cl2N4O/c1-12(20,13(15)6-7-13)11(19-8-16-17-18-19)9-4-2-3-5-10(9)14/h2-5,8,11,20H,6-7H2,1H3. The zero-order valence-corrected chi connectivity index (χ0v) is 12.4. The van der Waals surface area contributed by atoms with E-state index in [1.165, 1.54) is 11.0 Å². The van der Waals surface area contributed by atoms with Crippen LogP contribution in [0.15, 0.2) is 30.6 Å². The molecular formula is C13H14Cl2N4O. The normalized spacial score (nSPS) is 21.2. The van der Waals surface area contributed by atoms with Gasteiger partial charge in [-0.05, 0) is 41.8 Å². The Morgan fingerprint density at radius 2 is 2.10 bits per heavy atom. The summed E-state index contributed by atoms with van der Waals surface area (Å²) in [5.74, 6) is 0. The molecule has 0 aliphatic heterocycles. The molecule has 2 atom stereocenters. The smallest absolute Gasteiger partial charge is 0.138 e. The molecule has 2 aromatic rings. The molecule has 1 N–H and O–H groups in total.